The molecule has 5 nitrogen and oxygen atoms in total. The van der Waals surface area contributed by atoms with Crippen molar-refractivity contribution in [1.29, 1.82) is 0 Å². The summed E-state index contributed by atoms with van der Waals surface area (Å²) >= 11 is 0. The third-order valence-electron chi connectivity index (χ3n) is 1.99. The second kappa shape index (κ2) is 3.45. The normalized spacial score (nSPS) is 10.4. The first-order valence-corrected chi connectivity index (χ1v) is 4.41. The summed E-state index contributed by atoms with van der Waals surface area (Å²) in [6.45, 7) is 2.81. The Kier molecular flexibility index (Phi) is 2.14. The number of rotatable bonds is 2. The number of nitrogens with two attached hydrogens (primary N) is 1. The monoisotopic (exact) mass is 189 g/mol. The number of nitrogens with zero attached hydrogens (tertiary/aromatic N) is 4. The zero-order valence-electron chi connectivity index (χ0n) is 7.88. The molecule has 0 spiro atoms. The van der Waals surface area contributed by atoms with Gasteiger partial charge in [-0.05, 0) is 13.0 Å². The molecule has 0 aliphatic rings. The largest absolute Gasteiger partial charge is 0.382 e. The van der Waals surface area contributed by atoms with E-state index in [1.807, 2.05) is 17.7 Å². The molecular formula is C9H11N5. The van der Waals surface area contributed by atoms with Crippen LogP contribution >= 0.6 is 0 Å². The van der Waals surface area contributed by atoms with Crippen molar-refractivity contribution in [2.75, 3.05) is 5.73 Å². The summed E-state index contributed by atoms with van der Waals surface area (Å²) in [4.78, 5) is 8.17. The molecular weight excluding hydrogens is 178 g/mol. The molecule has 0 fully saturated rings. The fraction of sp³-hybridized carbons (Fsp3) is 0.222. The number of anilines is 1. The highest BCUT2D eigenvalue weighted by atomic mass is 15.3. The molecule has 2 rings (SSSR count). The summed E-state index contributed by atoms with van der Waals surface area (Å²) in [6, 6.07) is 1.88. The molecule has 0 bridgehead atoms. The Hall–Kier alpha value is -1.91. The highest BCUT2D eigenvalue weighted by molar-refractivity contribution is 5.65. The lowest BCUT2D eigenvalue weighted by atomic mass is 10.3. The standard InChI is InChI=1S/C9H11N5/c1-2-14-7(3-4-13-14)8-9(10)12-6-5-11-8/h3-6H,2H2,1H3,(H2,10,12). The molecule has 0 aromatic carbocycles. The maximum Gasteiger partial charge on any atom is 0.151 e. The SMILES string of the molecule is CCn1nccc1-c1nccnc1N. The number of hydrogen-bond acceptors (Lipinski definition) is 4. The van der Waals surface area contributed by atoms with E-state index in [1.54, 1.807) is 18.6 Å². The van der Waals surface area contributed by atoms with Gasteiger partial charge in [0.1, 0.15) is 5.69 Å². The molecule has 5 heteroatoms. The minimum atomic E-state index is 0.433. The van der Waals surface area contributed by atoms with Gasteiger partial charge in [0.2, 0.25) is 0 Å². The molecule has 0 aliphatic heterocycles. The van der Waals surface area contributed by atoms with E-state index in [0.29, 0.717) is 11.5 Å². The minimum absolute atomic E-state index is 0.433. The molecule has 0 atom stereocenters. The Balaban J connectivity index is 2.54. The Morgan fingerprint density at radius 1 is 1.29 bits per heavy atom. The smallest absolute Gasteiger partial charge is 0.151 e. The quantitative estimate of drug-likeness (QED) is 0.763. The Morgan fingerprint density at radius 2 is 2.07 bits per heavy atom. The van der Waals surface area contributed by atoms with Gasteiger partial charge in [0.25, 0.3) is 0 Å². The van der Waals surface area contributed by atoms with Crippen molar-refractivity contribution in [2.45, 2.75) is 13.5 Å². The molecule has 0 aliphatic carbocycles. The summed E-state index contributed by atoms with van der Waals surface area (Å²) in [7, 11) is 0. The Morgan fingerprint density at radius 3 is 2.79 bits per heavy atom. The van der Waals surface area contributed by atoms with E-state index in [4.69, 9.17) is 5.73 Å². The van der Waals surface area contributed by atoms with E-state index in [0.717, 1.165) is 12.2 Å². The van der Waals surface area contributed by atoms with Crippen molar-refractivity contribution in [3.8, 4) is 11.4 Å². The van der Waals surface area contributed by atoms with E-state index >= 15 is 0 Å². The van der Waals surface area contributed by atoms with Crippen LogP contribution in [-0.2, 0) is 6.54 Å². The number of aryl methyl sites for hydroxylation is 1. The minimum Gasteiger partial charge on any atom is -0.382 e. The lowest BCUT2D eigenvalue weighted by molar-refractivity contribution is 0.665. The first-order valence-electron chi connectivity index (χ1n) is 4.41. The Labute approximate surface area is 81.6 Å². The maximum atomic E-state index is 5.72. The second-order valence-corrected chi connectivity index (χ2v) is 2.82. The van der Waals surface area contributed by atoms with Crippen molar-refractivity contribution in [3.63, 3.8) is 0 Å². The molecule has 2 aromatic heterocycles. The molecule has 0 radical (unpaired) electrons. The summed E-state index contributed by atoms with van der Waals surface area (Å²) < 4.78 is 1.83. The fourth-order valence-corrected chi connectivity index (χ4v) is 1.33. The van der Waals surface area contributed by atoms with Gasteiger partial charge in [-0.3, -0.25) is 4.68 Å². The molecule has 72 valence electrons. The van der Waals surface area contributed by atoms with Gasteiger partial charge in [-0.1, -0.05) is 0 Å². The van der Waals surface area contributed by atoms with Crippen LogP contribution in [-0.4, -0.2) is 19.7 Å². The van der Waals surface area contributed by atoms with Crippen LogP contribution in [0.5, 0.6) is 0 Å². The fourth-order valence-electron chi connectivity index (χ4n) is 1.33. The van der Waals surface area contributed by atoms with Crippen LogP contribution in [0.3, 0.4) is 0 Å². The van der Waals surface area contributed by atoms with Crippen LogP contribution in [0.25, 0.3) is 11.4 Å². The van der Waals surface area contributed by atoms with Gasteiger partial charge in [-0.25, -0.2) is 9.97 Å². The van der Waals surface area contributed by atoms with Gasteiger partial charge >= 0.3 is 0 Å². The van der Waals surface area contributed by atoms with Gasteiger partial charge in [-0.2, -0.15) is 5.10 Å². The zero-order valence-corrected chi connectivity index (χ0v) is 7.88. The van der Waals surface area contributed by atoms with Crippen molar-refractivity contribution in [2.24, 2.45) is 0 Å². The van der Waals surface area contributed by atoms with Crippen molar-refractivity contribution < 1.29 is 0 Å². The topological polar surface area (TPSA) is 69.6 Å². The van der Waals surface area contributed by atoms with Crippen molar-refractivity contribution in [3.05, 3.63) is 24.7 Å². The van der Waals surface area contributed by atoms with E-state index < -0.39 is 0 Å². The van der Waals surface area contributed by atoms with Gasteiger partial charge in [-0.15, -0.1) is 0 Å². The average Bonchev–Trinajstić information content (AvgIpc) is 2.66. The van der Waals surface area contributed by atoms with E-state index in [1.165, 1.54) is 0 Å². The van der Waals surface area contributed by atoms with Gasteiger partial charge < -0.3 is 5.73 Å². The van der Waals surface area contributed by atoms with Crippen LogP contribution < -0.4 is 5.73 Å². The summed E-state index contributed by atoms with van der Waals surface area (Å²) in [5, 5.41) is 4.15. The van der Waals surface area contributed by atoms with Gasteiger partial charge in [0.15, 0.2) is 5.82 Å². The van der Waals surface area contributed by atoms with Crippen LogP contribution in [0, 0.1) is 0 Å². The number of hydrogen-bond donors (Lipinski definition) is 1. The third kappa shape index (κ3) is 1.32. The molecule has 0 saturated heterocycles. The first kappa shape index (κ1) is 8.68. The van der Waals surface area contributed by atoms with Crippen LogP contribution in [0.2, 0.25) is 0 Å². The molecule has 0 amide bonds. The van der Waals surface area contributed by atoms with Crippen LogP contribution in [0.1, 0.15) is 6.92 Å². The zero-order chi connectivity index (χ0) is 9.97. The van der Waals surface area contributed by atoms with Gasteiger partial charge in [0.05, 0.1) is 5.69 Å². The summed E-state index contributed by atoms with van der Waals surface area (Å²) in [5.74, 6) is 0.433. The molecule has 2 aromatic rings. The van der Waals surface area contributed by atoms with Crippen molar-refractivity contribution in [1.82, 2.24) is 19.7 Å². The molecule has 2 heterocycles. The van der Waals surface area contributed by atoms with Crippen molar-refractivity contribution >= 4 is 5.82 Å². The second-order valence-electron chi connectivity index (χ2n) is 2.82. The number of aromatic nitrogens is 4. The molecule has 0 unspecified atom stereocenters. The highest BCUT2D eigenvalue weighted by Gasteiger charge is 2.08. The highest BCUT2D eigenvalue weighted by Crippen LogP contribution is 2.20. The van der Waals surface area contributed by atoms with Crippen LogP contribution in [0.15, 0.2) is 24.7 Å². The number of nitrogen functional groups attached to an aromatic ring is 1. The van der Waals surface area contributed by atoms with Gasteiger partial charge in [0, 0.05) is 25.1 Å². The third-order valence-corrected chi connectivity index (χ3v) is 1.99. The van der Waals surface area contributed by atoms with E-state index in [-0.39, 0.29) is 0 Å². The molecule has 2 N–H and O–H groups in total. The summed E-state index contributed by atoms with van der Waals surface area (Å²) in [6.07, 6.45) is 4.93. The predicted octanol–water partition coefficient (Wildman–Crippen LogP) is 0.942. The Bertz CT molecular complexity index is 434. The maximum absolute atomic E-state index is 5.72. The predicted molar refractivity (Wildman–Crippen MR) is 53.3 cm³/mol. The van der Waals surface area contributed by atoms with E-state index in [9.17, 15) is 0 Å². The average molecular weight is 189 g/mol. The summed E-state index contributed by atoms with van der Waals surface area (Å²) in [5.41, 5.74) is 7.31. The lowest BCUT2D eigenvalue weighted by Gasteiger charge is -2.04. The molecule has 14 heavy (non-hydrogen) atoms. The van der Waals surface area contributed by atoms with Crippen LogP contribution in [0.4, 0.5) is 5.82 Å². The van der Waals surface area contributed by atoms with E-state index in [2.05, 4.69) is 15.1 Å². The first-order chi connectivity index (χ1) is 6.83. The lowest BCUT2D eigenvalue weighted by Crippen LogP contribution is -2.03. The molecule has 0 saturated carbocycles.